The van der Waals surface area contributed by atoms with E-state index in [2.05, 4.69) is 41.8 Å². The molecule has 0 unspecified atom stereocenters. The molecule has 2 amide bonds. The Morgan fingerprint density at radius 2 is 2.18 bits per heavy atom. The van der Waals surface area contributed by atoms with Crippen LogP contribution in [0.1, 0.15) is 59.9 Å². The number of rotatable bonds is 5. The second-order valence-electron chi connectivity index (χ2n) is 8.57. The Hall–Kier alpha value is -2.92. The van der Waals surface area contributed by atoms with Crippen molar-refractivity contribution in [1.82, 2.24) is 30.4 Å². The summed E-state index contributed by atoms with van der Waals surface area (Å²) in [5.41, 5.74) is 6.90. The molecule has 0 bridgehead atoms. The summed E-state index contributed by atoms with van der Waals surface area (Å²) in [6, 6.07) is 3.12. The number of aromatic nitrogens is 4. The highest BCUT2D eigenvalue weighted by atomic mass is 32.2. The zero-order valence-electron chi connectivity index (χ0n) is 18.5. The van der Waals surface area contributed by atoms with Crippen LogP contribution in [0.4, 0.5) is 0 Å². The smallest absolute Gasteiger partial charge is 0.305 e. The molecule has 4 aromatic rings. The standard InChI is InChI=1S/C22H24N6O3S2/c1-11(2)18-23-21-17(13-7-6-12(3)9-15(13)33-21)19-25-27-22(28(18)19)32-10-16(29)24-26-20(30)14-5-4-8-31-14/h4-5,8,11-12H,6-7,9-10H2,1-3H3,(H,24,29)(H,26,30)/t12-/m1/s1. The number of furan rings is 1. The third-order valence-corrected chi connectivity index (χ3v) is 7.78. The second kappa shape index (κ2) is 8.79. The van der Waals surface area contributed by atoms with Gasteiger partial charge in [-0.05, 0) is 42.9 Å². The van der Waals surface area contributed by atoms with Gasteiger partial charge in [0.2, 0.25) is 5.91 Å². The van der Waals surface area contributed by atoms with Crippen molar-refractivity contribution in [2.45, 2.75) is 51.1 Å². The summed E-state index contributed by atoms with van der Waals surface area (Å²) < 4.78 is 6.99. The van der Waals surface area contributed by atoms with Crippen LogP contribution in [0.3, 0.4) is 0 Å². The van der Waals surface area contributed by atoms with Crippen LogP contribution in [-0.4, -0.2) is 37.1 Å². The molecule has 0 spiro atoms. The van der Waals surface area contributed by atoms with Crippen molar-refractivity contribution in [3.8, 4) is 0 Å². The van der Waals surface area contributed by atoms with Gasteiger partial charge in [-0.1, -0.05) is 32.5 Å². The van der Waals surface area contributed by atoms with Crippen molar-refractivity contribution < 1.29 is 14.0 Å². The minimum Gasteiger partial charge on any atom is -0.459 e. The average Bonchev–Trinajstić information content (AvgIpc) is 3.52. The quantitative estimate of drug-likeness (QED) is 0.328. The second-order valence-corrected chi connectivity index (χ2v) is 10.6. The summed E-state index contributed by atoms with van der Waals surface area (Å²) in [4.78, 5) is 31.7. The first-order valence-electron chi connectivity index (χ1n) is 10.9. The SMILES string of the molecule is CC(C)c1nc2sc3c(c2c2nnc(SCC(=O)NNC(=O)c4ccco4)n12)CC[C@@H](C)C3. The number of amides is 2. The van der Waals surface area contributed by atoms with Crippen LogP contribution in [0.25, 0.3) is 15.9 Å². The van der Waals surface area contributed by atoms with E-state index in [1.807, 2.05) is 4.40 Å². The third kappa shape index (κ3) is 4.10. The maximum atomic E-state index is 12.3. The molecule has 4 heterocycles. The fraction of sp³-hybridized carbons (Fsp3) is 0.409. The Morgan fingerprint density at radius 3 is 2.94 bits per heavy atom. The average molecular weight is 485 g/mol. The minimum absolute atomic E-state index is 0.0636. The Bertz CT molecular complexity index is 1340. The molecule has 33 heavy (non-hydrogen) atoms. The van der Waals surface area contributed by atoms with Crippen molar-refractivity contribution >= 4 is 50.8 Å². The summed E-state index contributed by atoms with van der Waals surface area (Å²) in [7, 11) is 0. The van der Waals surface area contributed by atoms with Gasteiger partial charge in [0.05, 0.1) is 17.4 Å². The number of aryl methyl sites for hydroxylation is 1. The van der Waals surface area contributed by atoms with E-state index in [9.17, 15) is 9.59 Å². The topological polar surface area (TPSA) is 114 Å². The van der Waals surface area contributed by atoms with E-state index in [0.717, 1.165) is 41.0 Å². The maximum absolute atomic E-state index is 12.3. The summed E-state index contributed by atoms with van der Waals surface area (Å²) >= 11 is 3.03. The van der Waals surface area contributed by atoms with Crippen LogP contribution >= 0.6 is 23.1 Å². The highest BCUT2D eigenvalue weighted by molar-refractivity contribution is 7.99. The molecule has 172 valence electrons. The van der Waals surface area contributed by atoms with E-state index >= 15 is 0 Å². The number of nitrogens with one attached hydrogen (secondary N) is 2. The first-order valence-corrected chi connectivity index (χ1v) is 12.7. The van der Waals surface area contributed by atoms with Gasteiger partial charge in [-0.3, -0.25) is 24.8 Å². The lowest BCUT2D eigenvalue weighted by molar-refractivity contribution is -0.119. The molecule has 9 nitrogen and oxygen atoms in total. The number of carbonyl (C=O) groups is 2. The van der Waals surface area contributed by atoms with E-state index in [1.165, 1.54) is 34.5 Å². The van der Waals surface area contributed by atoms with Crippen LogP contribution in [0.15, 0.2) is 28.0 Å². The van der Waals surface area contributed by atoms with Gasteiger partial charge in [0.25, 0.3) is 0 Å². The van der Waals surface area contributed by atoms with Crippen molar-refractivity contribution in [3.05, 3.63) is 40.4 Å². The van der Waals surface area contributed by atoms with Crippen molar-refractivity contribution in [3.63, 3.8) is 0 Å². The van der Waals surface area contributed by atoms with Gasteiger partial charge >= 0.3 is 5.91 Å². The predicted molar refractivity (Wildman–Crippen MR) is 126 cm³/mol. The maximum Gasteiger partial charge on any atom is 0.305 e. The highest BCUT2D eigenvalue weighted by Crippen LogP contribution is 2.40. The Labute approximate surface area is 198 Å². The first kappa shape index (κ1) is 21.9. The van der Waals surface area contributed by atoms with Gasteiger partial charge in [-0.15, -0.1) is 21.5 Å². The van der Waals surface area contributed by atoms with Gasteiger partial charge in [0, 0.05) is 10.8 Å². The van der Waals surface area contributed by atoms with Crippen LogP contribution in [0.2, 0.25) is 0 Å². The van der Waals surface area contributed by atoms with Gasteiger partial charge < -0.3 is 4.42 Å². The summed E-state index contributed by atoms with van der Waals surface area (Å²) in [5, 5.41) is 10.6. The largest absolute Gasteiger partial charge is 0.459 e. The number of nitrogens with zero attached hydrogens (tertiary/aromatic N) is 4. The fourth-order valence-corrected chi connectivity index (χ4v) is 6.21. The number of hydrogen-bond donors (Lipinski definition) is 2. The molecule has 0 aromatic carbocycles. The van der Waals surface area contributed by atoms with Crippen LogP contribution in [0, 0.1) is 5.92 Å². The first-order chi connectivity index (χ1) is 15.9. The number of thiophene rings is 1. The number of thioether (sulfide) groups is 1. The molecule has 1 atom stereocenters. The zero-order chi connectivity index (χ0) is 23.1. The number of carbonyl (C=O) groups excluding carboxylic acids is 2. The minimum atomic E-state index is -0.517. The van der Waals surface area contributed by atoms with Crippen LogP contribution < -0.4 is 10.9 Å². The monoisotopic (exact) mass is 484 g/mol. The van der Waals surface area contributed by atoms with E-state index in [4.69, 9.17) is 9.40 Å². The molecule has 2 N–H and O–H groups in total. The summed E-state index contributed by atoms with van der Waals surface area (Å²) in [6.07, 6.45) is 4.67. The van der Waals surface area contributed by atoms with Gasteiger partial charge in [0.15, 0.2) is 16.6 Å². The van der Waals surface area contributed by atoms with Gasteiger partial charge in [0.1, 0.15) is 10.7 Å². The van der Waals surface area contributed by atoms with Crippen molar-refractivity contribution in [1.29, 1.82) is 0 Å². The lowest BCUT2D eigenvalue weighted by Crippen LogP contribution is -2.42. The van der Waals surface area contributed by atoms with Gasteiger partial charge in [-0.25, -0.2) is 4.98 Å². The lowest BCUT2D eigenvalue weighted by Gasteiger charge is -2.17. The summed E-state index contributed by atoms with van der Waals surface area (Å²) in [6.45, 7) is 6.48. The Morgan fingerprint density at radius 1 is 1.33 bits per heavy atom. The van der Waals surface area contributed by atoms with Crippen molar-refractivity contribution in [2.75, 3.05) is 5.75 Å². The van der Waals surface area contributed by atoms with E-state index < -0.39 is 5.91 Å². The Kier molecular flexibility index (Phi) is 5.83. The van der Waals surface area contributed by atoms with Crippen LogP contribution in [-0.2, 0) is 17.6 Å². The normalized spacial score (nSPS) is 15.8. The molecule has 5 rings (SSSR count). The number of hydrazine groups is 1. The molecule has 1 aliphatic carbocycles. The molecule has 11 heteroatoms. The molecule has 0 radical (unpaired) electrons. The number of hydrogen-bond acceptors (Lipinski definition) is 8. The zero-order valence-corrected chi connectivity index (χ0v) is 20.2. The third-order valence-electron chi connectivity index (χ3n) is 5.70. The predicted octanol–water partition coefficient (Wildman–Crippen LogP) is 3.73. The van der Waals surface area contributed by atoms with Crippen molar-refractivity contribution in [2.24, 2.45) is 5.92 Å². The van der Waals surface area contributed by atoms with Crippen LogP contribution in [0.5, 0.6) is 0 Å². The molecule has 0 fully saturated rings. The molecular weight excluding hydrogens is 460 g/mol. The fourth-order valence-electron chi connectivity index (χ4n) is 4.08. The Balaban J connectivity index is 1.40. The number of fused-ring (bicyclic) bond motifs is 5. The molecule has 0 saturated heterocycles. The lowest BCUT2D eigenvalue weighted by atomic mass is 9.89. The van der Waals surface area contributed by atoms with Gasteiger partial charge in [-0.2, -0.15) is 0 Å². The van der Waals surface area contributed by atoms with E-state index in [-0.39, 0.29) is 23.3 Å². The molecule has 0 aliphatic heterocycles. The molecule has 0 saturated carbocycles. The summed E-state index contributed by atoms with van der Waals surface area (Å²) in [5.74, 6) is 1.03. The molecule has 1 aliphatic rings. The van der Waals surface area contributed by atoms with E-state index in [1.54, 1.807) is 17.4 Å². The molecule has 4 aromatic heterocycles. The molecular formula is C22H24N6O3S2. The highest BCUT2D eigenvalue weighted by Gasteiger charge is 2.26. The van der Waals surface area contributed by atoms with E-state index in [0.29, 0.717) is 11.1 Å².